The van der Waals surface area contributed by atoms with E-state index in [1.165, 1.54) is 0 Å². The number of nitrogens with one attached hydrogen (secondary N) is 1. The van der Waals surface area contributed by atoms with E-state index in [2.05, 4.69) is 20.4 Å². The molecule has 3 saturated heterocycles. The van der Waals surface area contributed by atoms with Crippen LogP contribution in [0.5, 0.6) is 0 Å². The molecular weight excluding hydrogens is 380 g/mol. The van der Waals surface area contributed by atoms with Gasteiger partial charge in [-0.25, -0.2) is 4.21 Å². The van der Waals surface area contributed by atoms with Gasteiger partial charge in [0.2, 0.25) is 9.35 Å². The molecule has 1 amide bonds. The highest BCUT2D eigenvalue weighted by Gasteiger charge is 2.35. The molecule has 2 unspecified atom stereocenters. The summed E-state index contributed by atoms with van der Waals surface area (Å²) in [6, 6.07) is 7.07. The lowest BCUT2D eigenvalue weighted by atomic mass is 9.84. The second-order valence-electron chi connectivity index (χ2n) is 6.29. The van der Waals surface area contributed by atoms with Crippen LogP contribution in [0.4, 0.5) is 0 Å². The molecule has 2 atom stereocenters. The van der Waals surface area contributed by atoms with Gasteiger partial charge in [-0.05, 0) is 44.0 Å². The number of rotatable bonds is 4. The van der Waals surface area contributed by atoms with Gasteiger partial charge in [-0.1, -0.05) is 35.1 Å². The topological polar surface area (TPSA) is 75.2 Å². The van der Waals surface area contributed by atoms with Crippen molar-refractivity contribution in [3.05, 3.63) is 34.3 Å². The fourth-order valence-corrected chi connectivity index (χ4v) is 5.81. The summed E-state index contributed by atoms with van der Waals surface area (Å²) in [6.07, 6.45) is 2.26. The monoisotopic (exact) mass is 396 g/mol. The number of hydrogen-bond acceptors (Lipinski definition) is 6. The van der Waals surface area contributed by atoms with Crippen LogP contribution < -0.4 is 5.32 Å². The number of benzene rings is 1. The number of piperidine rings is 3. The lowest BCUT2D eigenvalue weighted by molar-refractivity contribution is 0.0620. The molecule has 3 aliphatic rings. The van der Waals surface area contributed by atoms with Gasteiger partial charge in [-0.3, -0.25) is 4.79 Å². The fourth-order valence-electron chi connectivity index (χ4n) is 3.42. The number of nitrogens with zero attached hydrogens (tertiary/aromatic N) is 3. The lowest BCUT2D eigenvalue weighted by Gasteiger charge is -2.44. The SMILES string of the molecule is O=C(NC1CN2CCC1CC2)c1nnc(S(=O)c2ccccc2Cl)s1. The van der Waals surface area contributed by atoms with Crippen LogP contribution in [0, 0.1) is 5.92 Å². The molecule has 1 N–H and O–H groups in total. The van der Waals surface area contributed by atoms with Crippen molar-refractivity contribution in [3.8, 4) is 0 Å². The molecule has 2 aromatic rings. The summed E-state index contributed by atoms with van der Waals surface area (Å²) in [7, 11) is -1.54. The molecule has 0 radical (unpaired) electrons. The van der Waals surface area contributed by atoms with Crippen LogP contribution in [0.1, 0.15) is 22.6 Å². The van der Waals surface area contributed by atoms with Crippen LogP contribution >= 0.6 is 22.9 Å². The number of fused-ring (bicyclic) bond motifs is 3. The van der Waals surface area contributed by atoms with Crippen molar-refractivity contribution >= 4 is 39.6 Å². The average molecular weight is 397 g/mol. The minimum atomic E-state index is -1.54. The molecule has 25 heavy (non-hydrogen) atoms. The van der Waals surface area contributed by atoms with Crippen molar-refractivity contribution in [1.82, 2.24) is 20.4 Å². The van der Waals surface area contributed by atoms with Crippen molar-refractivity contribution in [3.63, 3.8) is 0 Å². The van der Waals surface area contributed by atoms with Crippen LogP contribution in [0.15, 0.2) is 33.5 Å². The smallest absolute Gasteiger partial charge is 0.282 e. The largest absolute Gasteiger partial charge is 0.346 e. The van der Waals surface area contributed by atoms with Crippen LogP contribution in [0.3, 0.4) is 0 Å². The van der Waals surface area contributed by atoms with E-state index >= 15 is 0 Å². The zero-order chi connectivity index (χ0) is 17.4. The van der Waals surface area contributed by atoms with Crippen LogP contribution in [-0.4, -0.2) is 50.9 Å². The Hall–Kier alpha value is -1.35. The predicted octanol–water partition coefficient (Wildman–Crippen LogP) is 2.18. The molecule has 1 aromatic carbocycles. The third-order valence-electron chi connectivity index (χ3n) is 4.77. The van der Waals surface area contributed by atoms with Crippen molar-refractivity contribution < 1.29 is 9.00 Å². The zero-order valence-corrected chi connectivity index (χ0v) is 15.7. The van der Waals surface area contributed by atoms with Gasteiger partial charge < -0.3 is 10.2 Å². The van der Waals surface area contributed by atoms with Gasteiger partial charge in [-0.15, -0.1) is 10.2 Å². The van der Waals surface area contributed by atoms with Crippen molar-refractivity contribution in [1.29, 1.82) is 0 Å². The Morgan fingerprint density at radius 2 is 2.04 bits per heavy atom. The summed E-state index contributed by atoms with van der Waals surface area (Å²) in [5.41, 5.74) is 0. The zero-order valence-electron chi connectivity index (χ0n) is 13.4. The summed E-state index contributed by atoms with van der Waals surface area (Å²) >= 11 is 7.14. The van der Waals surface area contributed by atoms with Gasteiger partial charge in [0.05, 0.1) is 9.92 Å². The number of carbonyl (C=O) groups excluding carboxylic acids is 1. The predicted molar refractivity (Wildman–Crippen MR) is 96.5 cm³/mol. The van der Waals surface area contributed by atoms with Gasteiger partial charge in [0.1, 0.15) is 10.8 Å². The molecular formula is C16H17ClN4O2S2. The third-order valence-corrected chi connectivity index (χ3v) is 7.79. The van der Waals surface area contributed by atoms with Crippen molar-refractivity contribution in [2.24, 2.45) is 5.92 Å². The minimum absolute atomic E-state index is 0.163. The molecule has 0 spiro atoms. The summed E-state index contributed by atoms with van der Waals surface area (Å²) in [5, 5.41) is 11.6. The third kappa shape index (κ3) is 3.48. The van der Waals surface area contributed by atoms with Crippen LogP contribution in [-0.2, 0) is 10.8 Å². The highest BCUT2D eigenvalue weighted by molar-refractivity contribution is 7.87. The standard InChI is InChI=1S/C16H17ClN4O2S2/c17-11-3-1-2-4-13(11)25(23)16-20-19-15(24-16)14(22)18-12-9-21-7-5-10(12)6-8-21/h1-4,10,12H,5-9H2,(H,18,22). The molecule has 132 valence electrons. The maximum atomic E-state index is 12.6. The number of amides is 1. The Morgan fingerprint density at radius 3 is 2.72 bits per heavy atom. The Labute approximate surface area is 157 Å². The maximum absolute atomic E-state index is 12.6. The summed E-state index contributed by atoms with van der Waals surface area (Å²) < 4.78 is 12.9. The lowest BCUT2D eigenvalue weighted by Crippen LogP contribution is -2.57. The molecule has 0 aliphatic carbocycles. The number of carbonyl (C=O) groups is 1. The second-order valence-corrected chi connectivity index (χ2v) is 9.30. The summed E-state index contributed by atoms with van der Waals surface area (Å²) in [4.78, 5) is 15.3. The van der Waals surface area contributed by atoms with E-state index < -0.39 is 10.8 Å². The molecule has 4 heterocycles. The quantitative estimate of drug-likeness (QED) is 0.857. The maximum Gasteiger partial charge on any atom is 0.282 e. The fraction of sp³-hybridized carbons (Fsp3) is 0.438. The second kappa shape index (κ2) is 7.11. The van der Waals surface area contributed by atoms with Gasteiger partial charge in [-0.2, -0.15) is 0 Å². The first-order chi connectivity index (χ1) is 12.1. The molecule has 2 bridgehead atoms. The molecule has 5 rings (SSSR count). The minimum Gasteiger partial charge on any atom is -0.346 e. The van der Waals surface area contributed by atoms with E-state index in [-0.39, 0.29) is 21.3 Å². The van der Waals surface area contributed by atoms with E-state index in [9.17, 15) is 9.00 Å². The highest BCUT2D eigenvalue weighted by Crippen LogP contribution is 2.29. The first kappa shape index (κ1) is 17.1. The van der Waals surface area contributed by atoms with Crippen molar-refractivity contribution in [2.75, 3.05) is 19.6 Å². The number of aromatic nitrogens is 2. The van der Waals surface area contributed by atoms with Gasteiger partial charge in [0.15, 0.2) is 0 Å². The van der Waals surface area contributed by atoms with Crippen molar-refractivity contribution in [2.45, 2.75) is 28.1 Å². The molecule has 1 aromatic heterocycles. The molecule has 0 saturated carbocycles. The van der Waals surface area contributed by atoms with Gasteiger partial charge in [0, 0.05) is 12.6 Å². The first-order valence-electron chi connectivity index (χ1n) is 8.15. The Kier molecular flexibility index (Phi) is 4.86. The van der Waals surface area contributed by atoms with E-state index in [4.69, 9.17) is 11.6 Å². The molecule has 9 heteroatoms. The Balaban J connectivity index is 1.46. The summed E-state index contributed by atoms with van der Waals surface area (Å²) in [6.45, 7) is 3.14. The van der Waals surface area contributed by atoms with E-state index in [0.29, 0.717) is 15.8 Å². The Morgan fingerprint density at radius 1 is 1.28 bits per heavy atom. The average Bonchev–Trinajstić information content (AvgIpc) is 3.13. The van der Waals surface area contributed by atoms with Gasteiger partial charge in [0.25, 0.3) is 5.91 Å². The normalized spacial score (nSPS) is 26.4. The van der Waals surface area contributed by atoms with E-state index in [1.54, 1.807) is 24.3 Å². The van der Waals surface area contributed by atoms with E-state index in [0.717, 1.165) is 43.8 Å². The number of halogens is 1. The van der Waals surface area contributed by atoms with Crippen LogP contribution in [0.25, 0.3) is 0 Å². The molecule has 6 nitrogen and oxygen atoms in total. The Bertz CT molecular complexity index is 820. The van der Waals surface area contributed by atoms with E-state index in [1.807, 2.05) is 0 Å². The summed E-state index contributed by atoms with van der Waals surface area (Å²) in [5.74, 6) is 0.303. The number of hydrogen-bond donors (Lipinski definition) is 1. The highest BCUT2D eigenvalue weighted by atomic mass is 35.5. The van der Waals surface area contributed by atoms with Crippen LogP contribution in [0.2, 0.25) is 5.02 Å². The molecule has 3 fully saturated rings. The molecule has 3 aliphatic heterocycles. The first-order valence-corrected chi connectivity index (χ1v) is 10.5. The van der Waals surface area contributed by atoms with Gasteiger partial charge >= 0.3 is 0 Å².